The Bertz CT molecular complexity index is 1330. The standard InChI is InChI=1S/C26H29FN4O3/c1-17-13-19-21(30(17)2)7-8-22(25(19)27)34-26-18-14-23(32-3)24(15-20(18)28-16-29-26)33-12-6-11-31-9-4-5-10-31/h7-8,13-16H,4-6,9-12H2,1-3H3. The average molecular weight is 465 g/mol. The molecule has 2 aromatic carbocycles. The van der Waals surface area contributed by atoms with Crippen LogP contribution >= 0.6 is 0 Å². The summed E-state index contributed by atoms with van der Waals surface area (Å²) in [6, 6.07) is 8.88. The number of likely N-dealkylation sites (tertiary alicyclic amines) is 1. The summed E-state index contributed by atoms with van der Waals surface area (Å²) in [6.45, 7) is 5.92. The maximum atomic E-state index is 15.2. The molecule has 7 nitrogen and oxygen atoms in total. The third-order valence-electron chi connectivity index (χ3n) is 6.53. The van der Waals surface area contributed by atoms with Crippen LogP contribution in [0.25, 0.3) is 21.8 Å². The van der Waals surface area contributed by atoms with Crippen LogP contribution in [0.3, 0.4) is 0 Å². The van der Waals surface area contributed by atoms with E-state index in [1.807, 2.05) is 36.7 Å². The van der Waals surface area contributed by atoms with Gasteiger partial charge in [-0.3, -0.25) is 0 Å². The van der Waals surface area contributed by atoms with Crippen LogP contribution in [0.15, 0.2) is 36.7 Å². The van der Waals surface area contributed by atoms with Crippen molar-refractivity contribution in [3.8, 4) is 23.1 Å². The number of nitrogens with zero attached hydrogens (tertiary/aromatic N) is 4. The first-order valence-electron chi connectivity index (χ1n) is 11.7. The molecule has 2 aromatic heterocycles. The van der Waals surface area contributed by atoms with E-state index < -0.39 is 5.82 Å². The van der Waals surface area contributed by atoms with Crippen molar-refractivity contribution < 1.29 is 18.6 Å². The van der Waals surface area contributed by atoms with Gasteiger partial charge in [0.25, 0.3) is 0 Å². The molecule has 34 heavy (non-hydrogen) atoms. The predicted octanol–water partition coefficient (Wildman–Crippen LogP) is 5.23. The minimum Gasteiger partial charge on any atom is -0.493 e. The Morgan fingerprint density at radius 3 is 2.62 bits per heavy atom. The molecule has 0 N–H and O–H groups in total. The lowest BCUT2D eigenvalue weighted by Crippen LogP contribution is -2.21. The number of fused-ring (bicyclic) bond motifs is 2. The first-order chi connectivity index (χ1) is 16.5. The van der Waals surface area contributed by atoms with Crippen molar-refractivity contribution in [2.45, 2.75) is 26.2 Å². The zero-order valence-corrected chi connectivity index (χ0v) is 19.8. The van der Waals surface area contributed by atoms with Crippen LogP contribution in [-0.4, -0.2) is 52.8 Å². The van der Waals surface area contributed by atoms with E-state index in [9.17, 15) is 0 Å². The highest BCUT2D eigenvalue weighted by atomic mass is 19.1. The van der Waals surface area contributed by atoms with E-state index in [2.05, 4.69) is 14.9 Å². The van der Waals surface area contributed by atoms with Gasteiger partial charge in [0.2, 0.25) is 5.88 Å². The van der Waals surface area contributed by atoms with Crippen LogP contribution in [-0.2, 0) is 7.05 Å². The second-order valence-electron chi connectivity index (χ2n) is 8.71. The van der Waals surface area contributed by atoms with Crippen molar-refractivity contribution in [2.75, 3.05) is 33.4 Å². The van der Waals surface area contributed by atoms with Crippen LogP contribution in [0.1, 0.15) is 25.0 Å². The predicted molar refractivity (Wildman–Crippen MR) is 130 cm³/mol. The summed E-state index contributed by atoms with van der Waals surface area (Å²) < 4.78 is 34.7. The lowest BCUT2D eigenvalue weighted by Gasteiger charge is -2.16. The van der Waals surface area contributed by atoms with Gasteiger partial charge in [-0.25, -0.2) is 14.4 Å². The first kappa shape index (κ1) is 22.4. The second-order valence-corrected chi connectivity index (χ2v) is 8.71. The summed E-state index contributed by atoms with van der Waals surface area (Å²) in [5.74, 6) is 1.13. The Morgan fingerprint density at radius 1 is 1.00 bits per heavy atom. The number of aromatic nitrogens is 3. The number of ether oxygens (including phenoxy) is 3. The maximum Gasteiger partial charge on any atom is 0.230 e. The van der Waals surface area contributed by atoms with E-state index in [0.29, 0.717) is 34.4 Å². The van der Waals surface area contributed by atoms with E-state index in [0.717, 1.165) is 24.2 Å². The summed E-state index contributed by atoms with van der Waals surface area (Å²) in [5.41, 5.74) is 2.41. The Morgan fingerprint density at radius 2 is 1.82 bits per heavy atom. The highest BCUT2D eigenvalue weighted by Crippen LogP contribution is 2.37. The average Bonchev–Trinajstić information content (AvgIpc) is 3.46. The molecular formula is C26H29FN4O3. The van der Waals surface area contributed by atoms with Crippen molar-refractivity contribution in [2.24, 2.45) is 7.05 Å². The summed E-state index contributed by atoms with van der Waals surface area (Å²) in [4.78, 5) is 11.1. The molecule has 3 heterocycles. The third kappa shape index (κ3) is 4.25. The van der Waals surface area contributed by atoms with Crippen molar-refractivity contribution in [1.82, 2.24) is 19.4 Å². The minimum atomic E-state index is -0.419. The van der Waals surface area contributed by atoms with Crippen LogP contribution in [0.4, 0.5) is 4.39 Å². The number of rotatable bonds is 8. The molecule has 5 rings (SSSR count). The molecule has 1 fully saturated rings. The Balaban J connectivity index is 1.39. The SMILES string of the molecule is COc1cc2c(Oc3ccc4c(cc(C)n4C)c3F)ncnc2cc1OCCCN1CCCC1. The van der Waals surface area contributed by atoms with Gasteiger partial charge in [-0.2, -0.15) is 0 Å². The summed E-state index contributed by atoms with van der Waals surface area (Å²) >= 11 is 0. The van der Waals surface area contributed by atoms with Crippen LogP contribution in [0.5, 0.6) is 23.1 Å². The lowest BCUT2D eigenvalue weighted by atomic mass is 10.2. The zero-order chi connectivity index (χ0) is 23.7. The maximum absolute atomic E-state index is 15.2. The summed E-state index contributed by atoms with van der Waals surface area (Å²) in [5, 5.41) is 1.13. The zero-order valence-electron chi connectivity index (χ0n) is 19.8. The van der Waals surface area contributed by atoms with E-state index in [-0.39, 0.29) is 11.6 Å². The van der Waals surface area contributed by atoms with Gasteiger partial charge in [-0.15, -0.1) is 0 Å². The summed E-state index contributed by atoms with van der Waals surface area (Å²) in [6.07, 6.45) is 4.92. The molecule has 1 aliphatic heterocycles. The van der Waals surface area contributed by atoms with Gasteiger partial charge in [0.1, 0.15) is 6.33 Å². The fraction of sp³-hybridized carbons (Fsp3) is 0.385. The smallest absolute Gasteiger partial charge is 0.230 e. The molecule has 0 radical (unpaired) electrons. The molecule has 178 valence electrons. The molecule has 0 spiro atoms. The molecule has 8 heteroatoms. The van der Waals surface area contributed by atoms with Gasteiger partial charge in [0, 0.05) is 30.7 Å². The van der Waals surface area contributed by atoms with E-state index in [1.54, 1.807) is 19.2 Å². The molecule has 1 aliphatic rings. The molecule has 0 aliphatic carbocycles. The number of benzene rings is 2. The third-order valence-corrected chi connectivity index (χ3v) is 6.53. The number of hydrogen-bond donors (Lipinski definition) is 0. The van der Waals surface area contributed by atoms with E-state index in [4.69, 9.17) is 14.2 Å². The Kier molecular flexibility index (Phi) is 6.24. The fourth-order valence-corrected chi connectivity index (χ4v) is 4.54. The van der Waals surface area contributed by atoms with Gasteiger partial charge in [0.15, 0.2) is 23.1 Å². The van der Waals surface area contributed by atoms with Crippen molar-refractivity contribution in [3.05, 3.63) is 48.2 Å². The topological polar surface area (TPSA) is 61.6 Å². The van der Waals surface area contributed by atoms with Crippen molar-refractivity contribution in [3.63, 3.8) is 0 Å². The van der Waals surface area contributed by atoms with Gasteiger partial charge in [0.05, 0.1) is 30.1 Å². The van der Waals surface area contributed by atoms with E-state index >= 15 is 4.39 Å². The minimum absolute atomic E-state index is 0.110. The number of halogens is 1. The molecule has 0 bridgehead atoms. The first-order valence-corrected chi connectivity index (χ1v) is 11.7. The van der Waals surface area contributed by atoms with Crippen molar-refractivity contribution >= 4 is 21.8 Å². The van der Waals surface area contributed by atoms with Crippen LogP contribution in [0, 0.1) is 12.7 Å². The molecule has 4 aromatic rings. The van der Waals surface area contributed by atoms with Crippen LogP contribution in [0.2, 0.25) is 0 Å². The molecule has 0 amide bonds. The monoisotopic (exact) mass is 464 g/mol. The summed E-state index contributed by atoms with van der Waals surface area (Å²) in [7, 11) is 3.50. The highest BCUT2D eigenvalue weighted by Gasteiger charge is 2.17. The van der Waals surface area contributed by atoms with Crippen LogP contribution < -0.4 is 14.2 Å². The number of methoxy groups -OCH3 is 1. The molecule has 1 saturated heterocycles. The van der Waals surface area contributed by atoms with Gasteiger partial charge in [-0.1, -0.05) is 0 Å². The number of hydrogen-bond acceptors (Lipinski definition) is 6. The second kappa shape index (κ2) is 9.46. The lowest BCUT2D eigenvalue weighted by molar-refractivity contribution is 0.254. The van der Waals surface area contributed by atoms with Gasteiger partial charge in [-0.05, 0) is 63.5 Å². The van der Waals surface area contributed by atoms with Gasteiger partial charge < -0.3 is 23.7 Å². The Labute approximate surface area is 198 Å². The number of aryl methyl sites for hydroxylation is 2. The highest BCUT2D eigenvalue weighted by molar-refractivity contribution is 5.87. The van der Waals surface area contributed by atoms with Gasteiger partial charge >= 0.3 is 0 Å². The quantitative estimate of drug-likeness (QED) is 0.333. The molecular weight excluding hydrogens is 435 g/mol. The largest absolute Gasteiger partial charge is 0.493 e. The Hall–Kier alpha value is -3.39. The van der Waals surface area contributed by atoms with Crippen molar-refractivity contribution in [1.29, 1.82) is 0 Å². The molecule has 0 atom stereocenters. The molecule has 0 saturated carbocycles. The molecule has 0 unspecified atom stereocenters. The normalized spacial score (nSPS) is 14.2. The fourth-order valence-electron chi connectivity index (χ4n) is 4.54. The van der Waals surface area contributed by atoms with E-state index in [1.165, 1.54) is 32.3 Å².